The number of aromatic hydroxyl groups is 2. The Morgan fingerprint density at radius 1 is 0.303 bits per heavy atom. The van der Waals surface area contributed by atoms with Crippen LogP contribution in [-0.2, 0) is 80.0 Å². The fourth-order valence-electron chi connectivity index (χ4n) is 15.1. The molecule has 0 saturated carbocycles. The van der Waals surface area contributed by atoms with E-state index in [0.29, 0.717) is 75.3 Å². The molecular weight excluding hydrogens is 1530 g/mol. The van der Waals surface area contributed by atoms with E-state index in [1.165, 1.54) is 34.1 Å². The Balaban J connectivity index is 1.65. The highest BCUT2D eigenvalue weighted by Gasteiger charge is 2.45. The fraction of sp³-hybridized carbons (Fsp3) is 0.694. The van der Waals surface area contributed by atoms with Crippen LogP contribution in [-0.4, -0.2) is 227 Å². The number of phenols is 2. The summed E-state index contributed by atoms with van der Waals surface area (Å²) in [7, 11) is 0. The van der Waals surface area contributed by atoms with Crippen LogP contribution in [0.4, 0.5) is 0 Å². The highest BCUT2D eigenvalue weighted by atomic mass is 16.3. The van der Waals surface area contributed by atoms with E-state index in [1.54, 1.807) is 65.8 Å². The van der Waals surface area contributed by atoms with Gasteiger partial charge in [-0.05, 0) is 219 Å². The first-order valence-corrected chi connectivity index (χ1v) is 43.0. The van der Waals surface area contributed by atoms with Crippen LogP contribution in [0.15, 0.2) is 48.5 Å². The van der Waals surface area contributed by atoms with Crippen molar-refractivity contribution in [3.63, 3.8) is 0 Å². The first-order chi connectivity index (χ1) is 56.4. The van der Waals surface area contributed by atoms with E-state index >= 15 is 14.4 Å². The second kappa shape index (κ2) is 50.5. The van der Waals surface area contributed by atoms with Gasteiger partial charge in [0.25, 0.3) is 0 Å². The Morgan fingerprint density at radius 2 is 0.529 bits per heavy atom. The first kappa shape index (κ1) is 100. The molecule has 5 rings (SSSR count). The molecule has 3 fully saturated rings. The number of benzene rings is 2. The fourth-order valence-corrected chi connectivity index (χ4v) is 15.1. The van der Waals surface area contributed by atoms with Gasteiger partial charge in [0.1, 0.15) is 96.1 Å². The lowest BCUT2D eigenvalue weighted by Gasteiger charge is -2.32. The minimum Gasteiger partial charge on any atom is -0.508 e. The molecule has 3 aliphatic rings. The van der Waals surface area contributed by atoms with Gasteiger partial charge in [-0.25, -0.2) is 0 Å². The van der Waals surface area contributed by atoms with Crippen LogP contribution in [0.5, 0.6) is 11.5 Å². The zero-order valence-corrected chi connectivity index (χ0v) is 72.1. The SMILES string of the molecule is CC(C)C[C@@H]1NC(=O)[C@H](CCCCN)NC(=O)[C@H](C(C)C)NC(=O)[C@@H]2CCCN2C(=O)[C@@H](Cc2ccc(O)cc2)NC(=O)[C@H](CC(C)C)NC(=O)[C@H](CCCCN)NC(=O)[C@H](C(C)C)NC(=O)[C@H](CCCCN)NC(=O)[C@H](CC(C)C)NC(=O)[C@@H]2CCCN2C(=O)[C@H](Cc2ccc(O)cc2)NC(=O)[C@H](C(C)C)NC(=O)[C@H](CCCCN)NC1=O. The normalized spacial score (nSPS) is 25.7. The van der Waals surface area contributed by atoms with Crippen molar-refractivity contribution in [3.05, 3.63) is 59.7 Å². The van der Waals surface area contributed by atoms with Gasteiger partial charge in [-0.1, -0.05) is 107 Å². The molecule has 666 valence electrons. The van der Waals surface area contributed by atoms with Crippen molar-refractivity contribution in [2.75, 3.05) is 39.3 Å². The number of fused-ring (bicyclic) bond motifs is 2. The molecule has 119 heavy (non-hydrogen) atoms. The predicted molar refractivity (Wildman–Crippen MR) is 451 cm³/mol. The number of nitrogens with one attached hydrogen (secondary N) is 12. The van der Waals surface area contributed by atoms with E-state index in [-0.39, 0.29) is 139 Å². The Kier molecular flexibility index (Phi) is 42.5. The lowest BCUT2D eigenvalue weighted by atomic mass is 9.98. The zero-order valence-electron chi connectivity index (χ0n) is 72.1. The molecule has 34 heteroatoms. The second-order valence-corrected chi connectivity index (χ2v) is 34.4. The first-order valence-electron chi connectivity index (χ1n) is 43.0. The smallest absolute Gasteiger partial charge is 0.246 e. The number of rotatable bonds is 29. The molecule has 22 N–H and O–H groups in total. The number of unbranched alkanes of at least 4 members (excludes halogenated alkanes) is 4. The molecule has 2 aromatic carbocycles. The van der Waals surface area contributed by atoms with E-state index in [9.17, 15) is 63.0 Å². The summed E-state index contributed by atoms with van der Waals surface area (Å²) in [5.74, 6) is -13.4. The van der Waals surface area contributed by atoms with Gasteiger partial charge < -0.3 is 107 Å². The molecule has 3 saturated heterocycles. The monoisotopic (exact) mass is 1670 g/mol. The summed E-state index contributed by atoms with van der Waals surface area (Å²) < 4.78 is 0. The number of nitrogens with two attached hydrogens (primary N) is 4. The quantitative estimate of drug-likeness (QED) is 0.0511. The second-order valence-electron chi connectivity index (χ2n) is 34.4. The van der Waals surface area contributed by atoms with Crippen LogP contribution in [0, 0.1) is 35.5 Å². The van der Waals surface area contributed by atoms with E-state index in [0.717, 1.165) is 0 Å². The molecule has 0 unspecified atom stereocenters. The highest BCUT2D eigenvalue weighted by Crippen LogP contribution is 2.26. The van der Waals surface area contributed by atoms with Gasteiger partial charge in [-0.15, -0.1) is 0 Å². The number of hydrogen-bond donors (Lipinski definition) is 18. The maximum absolute atomic E-state index is 15.3. The molecule has 2 aromatic rings. The number of carbonyl (C=O) groups excluding carboxylic acids is 14. The van der Waals surface area contributed by atoms with E-state index in [1.807, 2.05) is 41.5 Å². The van der Waals surface area contributed by atoms with E-state index < -0.39 is 185 Å². The van der Waals surface area contributed by atoms with Crippen molar-refractivity contribution >= 4 is 82.7 Å². The van der Waals surface area contributed by atoms with Gasteiger partial charge >= 0.3 is 0 Å². The third kappa shape index (κ3) is 32.5. The molecule has 0 spiro atoms. The van der Waals surface area contributed by atoms with Crippen molar-refractivity contribution in [1.82, 2.24) is 73.6 Å². The molecule has 0 aliphatic carbocycles. The summed E-state index contributed by atoms with van der Waals surface area (Å²) in [4.78, 5) is 212. The molecule has 0 aromatic heterocycles. The van der Waals surface area contributed by atoms with Crippen LogP contribution >= 0.6 is 0 Å². The van der Waals surface area contributed by atoms with Gasteiger partial charge in [0.2, 0.25) is 82.7 Å². The van der Waals surface area contributed by atoms with Crippen LogP contribution in [0.25, 0.3) is 0 Å². The van der Waals surface area contributed by atoms with Gasteiger partial charge in [-0.3, -0.25) is 67.1 Å². The van der Waals surface area contributed by atoms with Gasteiger partial charge in [0.15, 0.2) is 0 Å². The summed E-state index contributed by atoms with van der Waals surface area (Å²) in [6.45, 7) is 22.0. The molecule has 0 bridgehead atoms. The van der Waals surface area contributed by atoms with Crippen molar-refractivity contribution in [3.8, 4) is 11.5 Å². The van der Waals surface area contributed by atoms with Gasteiger partial charge in [-0.2, -0.15) is 0 Å². The molecule has 3 aliphatic heterocycles. The summed E-state index contributed by atoms with van der Waals surface area (Å²) in [5.41, 5.74) is 24.7. The zero-order chi connectivity index (χ0) is 88.3. The maximum Gasteiger partial charge on any atom is 0.246 e. The van der Waals surface area contributed by atoms with Crippen LogP contribution < -0.4 is 86.7 Å². The maximum atomic E-state index is 15.3. The van der Waals surface area contributed by atoms with Crippen molar-refractivity contribution in [2.45, 2.75) is 303 Å². The van der Waals surface area contributed by atoms with Crippen molar-refractivity contribution in [1.29, 1.82) is 0 Å². The number of hydrogen-bond acceptors (Lipinski definition) is 20. The molecule has 0 radical (unpaired) electrons. The molecule has 34 nitrogen and oxygen atoms in total. The Hall–Kier alpha value is -9.54. The van der Waals surface area contributed by atoms with Crippen LogP contribution in [0.3, 0.4) is 0 Å². The van der Waals surface area contributed by atoms with Crippen LogP contribution in [0.1, 0.15) is 216 Å². The minimum absolute atomic E-state index is 0.0216. The average Bonchev–Trinajstić information content (AvgIpc) is 1.74. The van der Waals surface area contributed by atoms with E-state index in [2.05, 4.69) is 63.8 Å². The van der Waals surface area contributed by atoms with E-state index in [4.69, 9.17) is 22.9 Å². The average molecular weight is 1670 g/mol. The third-order valence-electron chi connectivity index (χ3n) is 21.7. The summed E-state index contributed by atoms with van der Waals surface area (Å²) in [6.07, 6.45) is 3.90. The largest absolute Gasteiger partial charge is 0.508 e. The third-order valence-corrected chi connectivity index (χ3v) is 21.7. The standard InChI is InChI=1S/C85H140N18O16/c1-48(2)43-62-76(110)90-60(25-15-19-39-88)75(109)100-70(52(9)10)83(117)98-66(47-55-31-35-57(105)36-32-55)85(119)102-41-21-27-67(102)79(113)96-64(45-50(5)6)77(111)91-61(26-16-20-40-89)74(108)99-69(51(7)8)81(115)92-58(23-13-17-37-86)73(107)95-63(44-49(3)4)78(112)97-65(46-54-29-33-56(104)34-30-54)84(118)103-42-22-28-68(103)80(114)101-71(53(11)12)82(116)93-59(72(106)94-62)24-14-18-38-87/h29-36,48-53,58-71,104-105H,13-28,37-47,86-89H2,1-12H3,(H,90,110)(H,91,111)(H,92,115)(H,93,116)(H,94,106)(H,95,107)(H,96,113)(H,97,112)(H,98,117)(H,99,108)(H,100,109)(H,101,114)/t58-,59-,60-,61-,62-,63-,64-,65+,66-,67-,68-,69-,70-,71-/m0/s1. The highest BCUT2D eigenvalue weighted by molar-refractivity contribution is 6.01. The Bertz CT molecular complexity index is 3660. The number of nitrogens with zero attached hydrogens (tertiary/aromatic N) is 2. The Labute approximate surface area is 701 Å². The molecule has 14 amide bonds. The predicted octanol–water partition coefficient (Wildman–Crippen LogP) is 1.32. The molecular formula is C85H140N18O16. The molecule has 14 atom stereocenters. The van der Waals surface area contributed by atoms with Crippen molar-refractivity contribution < 1.29 is 77.3 Å². The van der Waals surface area contributed by atoms with Gasteiger partial charge in [0, 0.05) is 25.9 Å². The number of amides is 14. The topological polar surface area (TPSA) is 534 Å². The summed E-state index contributed by atoms with van der Waals surface area (Å²) in [6, 6.07) is -6.54. The molecule has 3 heterocycles. The number of phenolic OH excluding ortho intramolecular Hbond substituents is 2. The minimum atomic E-state index is -1.40. The van der Waals surface area contributed by atoms with Gasteiger partial charge in [0.05, 0.1) is 0 Å². The number of carbonyl (C=O) groups is 14. The Morgan fingerprint density at radius 3 is 0.807 bits per heavy atom. The summed E-state index contributed by atoms with van der Waals surface area (Å²) >= 11 is 0. The van der Waals surface area contributed by atoms with Crippen molar-refractivity contribution in [2.24, 2.45) is 58.4 Å². The lowest BCUT2D eigenvalue weighted by molar-refractivity contribution is -0.143. The lowest BCUT2D eigenvalue weighted by Crippen LogP contribution is -2.62. The summed E-state index contributed by atoms with van der Waals surface area (Å²) in [5, 5.41) is 54.6. The van der Waals surface area contributed by atoms with Crippen LogP contribution in [0.2, 0.25) is 0 Å².